The van der Waals surface area contributed by atoms with E-state index in [9.17, 15) is 0 Å². The molecule has 3 heteroatoms. The highest BCUT2D eigenvalue weighted by Gasteiger charge is 2.36. The van der Waals surface area contributed by atoms with E-state index < -0.39 is 8.56 Å². The van der Waals surface area contributed by atoms with E-state index >= 15 is 0 Å². The predicted octanol–water partition coefficient (Wildman–Crippen LogP) is 2.32. The van der Waals surface area contributed by atoms with E-state index in [1.54, 1.807) is 14.2 Å². The van der Waals surface area contributed by atoms with Crippen molar-refractivity contribution in [1.29, 1.82) is 0 Å². The maximum absolute atomic E-state index is 5.37. The van der Waals surface area contributed by atoms with Crippen LogP contribution >= 0.6 is 0 Å². The first kappa shape index (κ1) is 10.9. The molecule has 1 unspecified atom stereocenters. The van der Waals surface area contributed by atoms with Crippen LogP contribution in [0.15, 0.2) is 12.2 Å². The zero-order valence-corrected chi connectivity index (χ0v) is 9.10. The van der Waals surface area contributed by atoms with Gasteiger partial charge in [-0.25, -0.2) is 0 Å². The van der Waals surface area contributed by atoms with E-state index in [2.05, 4.69) is 13.5 Å². The summed E-state index contributed by atoms with van der Waals surface area (Å²) in [4.78, 5) is 0. The van der Waals surface area contributed by atoms with Gasteiger partial charge in [0.1, 0.15) is 0 Å². The van der Waals surface area contributed by atoms with E-state index in [-0.39, 0.29) is 0 Å². The number of hydrogen-bond acceptors (Lipinski definition) is 2. The molecule has 0 bridgehead atoms. The Morgan fingerprint density at radius 3 is 1.82 bits per heavy atom. The Bertz CT molecular complexity index is 141. The first-order valence-electron chi connectivity index (χ1n) is 3.73. The second-order valence-electron chi connectivity index (χ2n) is 2.99. The minimum Gasteiger partial charge on any atom is -0.397 e. The number of rotatable bonds is 4. The third kappa shape index (κ3) is 2.43. The molecule has 0 N–H and O–H groups in total. The molecule has 2 nitrogen and oxygen atoms in total. The van der Waals surface area contributed by atoms with Gasteiger partial charge in [0.25, 0.3) is 0 Å². The molecule has 0 spiro atoms. The summed E-state index contributed by atoms with van der Waals surface area (Å²) in [6.07, 6.45) is 0. The maximum atomic E-state index is 5.37. The molecule has 0 heterocycles. The first-order valence-corrected chi connectivity index (χ1v) is 6.13. The monoisotopic (exact) mass is 174 g/mol. The lowest BCUT2D eigenvalue weighted by molar-refractivity contribution is 0.243. The molecule has 11 heavy (non-hydrogen) atoms. The molecular weight excluding hydrogens is 156 g/mol. The van der Waals surface area contributed by atoms with Crippen LogP contribution in [0.1, 0.15) is 13.8 Å². The SMILES string of the molecule is C=C(C)C(C)[Si](C)(OC)OC. The number of hydrogen-bond donors (Lipinski definition) is 0. The molecular formula is C8H18O2Si. The molecule has 66 valence electrons. The minimum atomic E-state index is -1.96. The van der Waals surface area contributed by atoms with Crippen LogP contribution in [-0.4, -0.2) is 22.8 Å². The van der Waals surface area contributed by atoms with E-state index in [0.717, 1.165) is 5.57 Å². The van der Waals surface area contributed by atoms with Gasteiger partial charge in [0.05, 0.1) is 0 Å². The van der Waals surface area contributed by atoms with E-state index in [0.29, 0.717) is 5.54 Å². The Balaban J connectivity index is 4.36. The second kappa shape index (κ2) is 4.04. The van der Waals surface area contributed by atoms with Gasteiger partial charge in [-0.05, 0) is 13.5 Å². The van der Waals surface area contributed by atoms with Crippen LogP contribution < -0.4 is 0 Å². The minimum absolute atomic E-state index is 0.345. The van der Waals surface area contributed by atoms with Gasteiger partial charge < -0.3 is 8.85 Å². The summed E-state index contributed by atoms with van der Waals surface area (Å²) in [6.45, 7) is 10.0. The summed E-state index contributed by atoms with van der Waals surface area (Å²) in [5, 5.41) is 0. The standard InChI is InChI=1S/C8H18O2Si/c1-7(2)8(3)11(6,9-4)10-5/h8H,1H2,2-6H3. The Labute approximate surface area is 70.5 Å². The van der Waals surface area contributed by atoms with Crippen molar-refractivity contribution in [3.63, 3.8) is 0 Å². The van der Waals surface area contributed by atoms with Crippen molar-refractivity contribution < 1.29 is 8.85 Å². The van der Waals surface area contributed by atoms with Gasteiger partial charge in [0.2, 0.25) is 0 Å². The quantitative estimate of drug-likeness (QED) is 0.481. The van der Waals surface area contributed by atoms with Crippen molar-refractivity contribution in [1.82, 2.24) is 0 Å². The maximum Gasteiger partial charge on any atom is 0.341 e. The molecule has 0 radical (unpaired) electrons. The Kier molecular flexibility index (Phi) is 4.00. The van der Waals surface area contributed by atoms with Crippen molar-refractivity contribution in [3.8, 4) is 0 Å². The Morgan fingerprint density at radius 1 is 1.36 bits per heavy atom. The lowest BCUT2D eigenvalue weighted by Crippen LogP contribution is -2.40. The third-order valence-corrected chi connectivity index (χ3v) is 6.02. The highest BCUT2D eigenvalue weighted by Crippen LogP contribution is 2.28. The van der Waals surface area contributed by atoms with Crippen LogP contribution in [0.3, 0.4) is 0 Å². The molecule has 0 amide bonds. The van der Waals surface area contributed by atoms with Crippen molar-refractivity contribution in [2.45, 2.75) is 25.9 Å². The zero-order valence-electron chi connectivity index (χ0n) is 8.10. The van der Waals surface area contributed by atoms with Gasteiger partial charge in [0, 0.05) is 19.8 Å². The largest absolute Gasteiger partial charge is 0.397 e. The topological polar surface area (TPSA) is 18.5 Å². The molecule has 0 aliphatic rings. The average molecular weight is 174 g/mol. The van der Waals surface area contributed by atoms with Crippen LogP contribution in [0.5, 0.6) is 0 Å². The smallest absolute Gasteiger partial charge is 0.341 e. The summed E-state index contributed by atoms with van der Waals surface area (Å²) in [7, 11) is 1.44. The van der Waals surface area contributed by atoms with Gasteiger partial charge in [-0.2, -0.15) is 0 Å². The average Bonchev–Trinajstić information content (AvgIpc) is 2.01. The molecule has 0 aromatic heterocycles. The van der Waals surface area contributed by atoms with Crippen LogP contribution in [0.25, 0.3) is 0 Å². The Hall–Kier alpha value is -0.123. The predicted molar refractivity (Wildman–Crippen MR) is 49.9 cm³/mol. The molecule has 0 aliphatic heterocycles. The zero-order chi connectivity index (χ0) is 9.07. The molecule has 0 fully saturated rings. The normalized spacial score (nSPS) is 14.6. The van der Waals surface area contributed by atoms with Crippen LogP contribution in [-0.2, 0) is 8.85 Å². The molecule has 0 aliphatic carbocycles. The van der Waals surface area contributed by atoms with Crippen LogP contribution in [0, 0.1) is 0 Å². The van der Waals surface area contributed by atoms with E-state index in [1.165, 1.54) is 0 Å². The van der Waals surface area contributed by atoms with Crippen LogP contribution in [0.4, 0.5) is 0 Å². The lowest BCUT2D eigenvalue weighted by Gasteiger charge is -2.29. The summed E-state index contributed by atoms with van der Waals surface area (Å²) >= 11 is 0. The molecule has 1 atom stereocenters. The molecule has 0 saturated carbocycles. The van der Waals surface area contributed by atoms with E-state index in [1.807, 2.05) is 13.5 Å². The summed E-state index contributed by atoms with van der Waals surface area (Å²) in [6, 6.07) is 0. The van der Waals surface area contributed by atoms with Crippen molar-refractivity contribution in [2.24, 2.45) is 0 Å². The fourth-order valence-corrected chi connectivity index (χ4v) is 2.65. The van der Waals surface area contributed by atoms with Gasteiger partial charge >= 0.3 is 8.56 Å². The van der Waals surface area contributed by atoms with Crippen molar-refractivity contribution in [2.75, 3.05) is 14.2 Å². The summed E-state index contributed by atoms with van der Waals surface area (Å²) in [5.74, 6) is 0. The van der Waals surface area contributed by atoms with Crippen LogP contribution in [0.2, 0.25) is 12.1 Å². The van der Waals surface area contributed by atoms with Gasteiger partial charge in [-0.1, -0.05) is 19.1 Å². The van der Waals surface area contributed by atoms with Gasteiger partial charge in [-0.3, -0.25) is 0 Å². The number of allylic oxidation sites excluding steroid dienone is 1. The lowest BCUT2D eigenvalue weighted by atomic mass is 10.3. The van der Waals surface area contributed by atoms with Crippen molar-refractivity contribution >= 4 is 8.56 Å². The second-order valence-corrected chi connectivity index (χ2v) is 6.71. The summed E-state index contributed by atoms with van der Waals surface area (Å²) < 4.78 is 10.7. The fourth-order valence-electron chi connectivity index (χ4n) is 0.884. The highest BCUT2D eigenvalue weighted by molar-refractivity contribution is 6.68. The highest BCUT2D eigenvalue weighted by atomic mass is 28.4. The van der Waals surface area contributed by atoms with Gasteiger partial charge in [-0.15, -0.1) is 0 Å². The van der Waals surface area contributed by atoms with E-state index in [4.69, 9.17) is 8.85 Å². The molecule has 0 rings (SSSR count). The van der Waals surface area contributed by atoms with Crippen molar-refractivity contribution in [3.05, 3.63) is 12.2 Å². The summed E-state index contributed by atoms with van der Waals surface area (Å²) in [5.41, 5.74) is 1.47. The fraction of sp³-hybridized carbons (Fsp3) is 0.750. The molecule has 0 aromatic carbocycles. The first-order chi connectivity index (χ1) is 4.98. The molecule has 0 saturated heterocycles. The molecule has 0 aromatic rings. The Morgan fingerprint density at radius 2 is 1.73 bits per heavy atom. The third-order valence-electron chi connectivity index (χ3n) is 2.34. The van der Waals surface area contributed by atoms with Gasteiger partial charge in [0.15, 0.2) is 0 Å².